The van der Waals surface area contributed by atoms with Crippen LogP contribution in [-0.2, 0) is 0 Å². The van der Waals surface area contributed by atoms with Gasteiger partial charge in [-0.15, -0.1) is 0 Å². The van der Waals surface area contributed by atoms with Gasteiger partial charge < -0.3 is 10.7 Å². The van der Waals surface area contributed by atoms with Crippen molar-refractivity contribution < 1.29 is 0 Å². The Labute approximate surface area is 308 Å². The summed E-state index contributed by atoms with van der Waals surface area (Å²) in [7, 11) is 0. The largest absolute Gasteiger partial charge is 0.352 e. The smallest absolute Gasteiger partial charge is 0.235 e. The average molecular weight is 704 g/mol. The van der Waals surface area contributed by atoms with Gasteiger partial charge in [0.2, 0.25) is 5.95 Å². The van der Waals surface area contributed by atoms with Gasteiger partial charge in [-0.3, -0.25) is 4.57 Å². The number of aromatic nitrogens is 3. The van der Waals surface area contributed by atoms with Crippen molar-refractivity contribution in [1.29, 1.82) is 5.41 Å². The minimum atomic E-state index is 0.506. The number of rotatable bonds is 6. The Morgan fingerprint density at radius 2 is 1.19 bits per heavy atom. The maximum Gasteiger partial charge on any atom is 0.235 e. The number of nitrogens with zero attached hydrogens (tertiary/aromatic N) is 3. The van der Waals surface area contributed by atoms with Crippen LogP contribution in [0.1, 0.15) is 5.69 Å². The van der Waals surface area contributed by atoms with Crippen molar-refractivity contribution in [2.75, 3.05) is 5.32 Å². The molecule has 0 spiro atoms. The zero-order chi connectivity index (χ0) is 34.6. The lowest BCUT2D eigenvalue weighted by molar-refractivity contribution is 0.988. The van der Waals surface area contributed by atoms with Crippen LogP contribution in [0.25, 0.3) is 60.9 Å². The number of hydrogen-bond acceptors (Lipinski definition) is 6. The quantitative estimate of drug-likeness (QED) is 0.169. The van der Waals surface area contributed by atoms with E-state index >= 15 is 0 Å². The van der Waals surface area contributed by atoms with Gasteiger partial charge in [0.05, 0.1) is 16.7 Å². The molecule has 7 heteroatoms. The Morgan fingerprint density at radius 3 is 2.00 bits per heavy atom. The van der Waals surface area contributed by atoms with E-state index in [9.17, 15) is 0 Å². The van der Waals surface area contributed by atoms with Gasteiger partial charge in [0.25, 0.3) is 0 Å². The molecule has 0 saturated heterocycles. The number of benzene rings is 7. The van der Waals surface area contributed by atoms with Crippen molar-refractivity contribution in [2.24, 2.45) is 0 Å². The minimum Gasteiger partial charge on any atom is -0.352 e. The molecule has 0 radical (unpaired) electrons. The molecular weight excluding hydrogens is 675 g/mol. The molecule has 3 heterocycles. The Morgan fingerprint density at radius 1 is 0.538 bits per heavy atom. The maximum absolute atomic E-state index is 8.53. The normalized spacial score (nSPS) is 12.2. The van der Waals surface area contributed by atoms with Crippen LogP contribution >= 0.6 is 23.5 Å². The van der Waals surface area contributed by atoms with E-state index in [0.29, 0.717) is 17.3 Å². The molecule has 2 aromatic heterocycles. The Balaban J connectivity index is 1.19. The molecule has 0 amide bonds. The number of para-hydroxylation sites is 1. The lowest BCUT2D eigenvalue weighted by Gasteiger charge is -2.19. The van der Waals surface area contributed by atoms with Crippen LogP contribution in [0.2, 0.25) is 0 Å². The van der Waals surface area contributed by atoms with Gasteiger partial charge in [-0.2, -0.15) is 0 Å². The van der Waals surface area contributed by atoms with Gasteiger partial charge in [0, 0.05) is 47.8 Å². The maximum atomic E-state index is 8.53. The van der Waals surface area contributed by atoms with Gasteiger partial charge in [-0.05, 0) is 76.5 Å². The molecule has 5 nitrogen and oxygen atoms in total. The molecule has 1 aliphatic rings. The summed E-state index contributed by atoms with van der Waals surface area (Å²) in [6.07, 6.45) is 1.31. The molecular formula is C45H29N5S2. The van der Waals surface area contributed by atoms with Crippen LogP contribution in [0.4, 0.5) is 11.4 Å². The third-order valence-electron chi connectivity index (χ3n) is 9.57. The molecule has 1 aliphatic heterocycles. The van der Waals surface area contributed by atoms with Crippen molar-refractivity contribution in [3.05, 3.63) is 163 Å². The Kier molecular flexibility index (Phi) is 7.41. The highest BCUT2D eigenvalue weighted by atomic mass is 32.2. The molecule has 0 fully saturated rings. The summed E-state index contributed by atoms with van der Waals surface area (Å²) in [6, 6.07) is 55.2. The van der Waals surface area contributed by atoms with Crippen LogP contribution in [-0.4, -0.2) is 20.7 Å². The number of nitrogens with one attached hydrogen (secondary N) is 2. The first-order valence-corrected chi connectivity index (χ1v) is 18.7. The fourth-order valence-electron chi connectivity index (χ4n) is 7.16. The summed E-state index contributed by atoms with van der Waals surface area (Å²) in [4.78, 5) is 15.6. The van der Waals surface area contributed by atoms with Crippen LogP contribution in [0.5, 0.6) is 0 Å². The average Bonchev–Trinajstić information content (AvgIpc) is 3.55. The predicted octanol–water partition coefficient (Wildman–Crippen LogP) is 12.4. The van der Waals surface area contributed by atoms with E-state index < -0.39 is 0 Å². The van der Waals surface area contributed by atoms with Gasteiger partial charge in [0.15, 0.2) is 0 Å². The van der Waals surface area contributed by atoms with E-state index in [1.54, 1.807) is 0 Å². The van der Waals surface area contributed by atoms with E-state index in [1.165, 1.54) is 42.1 Å². The summed E-state index contributed by atoms with van der Waals surface area (Å²) in [5.41, 5.74) is 8.11. The van der Waals surface area contributed by atoms with Crippen LogP contribution in [0.3, 0.4) is 0 Å². The summed E-state index contributed by atoms with van der Waals surface area (Å²) >= 11 is 3.68. The van der Waals surface area contributed by atoms with Crippen molar-refractivity contribution in [1.82, 2.24) is 14.5 Å². The molecule has 0 atom stereocenters. The first-order valence-electron chi connectivity index (χ1n) is 17.1. The number of fused-ring (bicyclic) bond motifs is 7. The SMILES string of the molecule is N=Cc1nc(-n2c3ccc(-c4ccc5c(c4)Sc4ccccc4S5)cc3c3c4ccccc4ccc32)nc(-c2ccccc2)c1Nc1ccccc1. The number of anilines is 2. The predicted molar refractivity (Wildman–Crippen MR) is 217 cm³/mol. The van der Waals surface area contributed by atoms with Crippen molar-refractivity contribution in [3.63, 3.8) is 0 Å². The van der Waals surface area contributed by atoms with Gasteiger partial charge in [0.1, 0.15) is 11.4 Å². The highest BCUT2D eigenvalue weighted by Crippen LogP contribution is 2.49. The minimum absolute atomic E-state index is 0.506. The highest BCUT2D eigenvalue weighted by Gasteiger charge is 2.22. The van der Waals surface area contributed by atoms with Crippen molar-refractivity contribution in [3.8, 4) is 28.3 Å². The Hall–Kier alpha value is -6.15. The molecule has 246 valence electrons. The zero-order valence-corrected chi connectivity index (χ0v) is 29.4. The molecule has 0 aliphatic carbocycles. The fraction of sp³-hybridized carbons (Fsp3) is 0. The van der Waals surface area contributed by atoms with Crippen molar-refractivity contribution in [2.45, 2.75) is 19.6 Å². The zero-order valence-electron chi connectivity index (χ0n) is 27.7. The second-order valence-corrected chi connectivity index (χ2v) is 14.9. The molecule has 0 saturated carbocycles. The standard InChI is InChI=1S/C45H29N5S2/c46-27-35-44(47-32-14-5-2-6-15-32)43(29-12-3-1-4-13-29)49-45(48-35)50-36-22-20-30(25-34(36)42-33-16-8-7-11-28(33)19-23-37(42)50)31-21-24-40-41(26-31)52-39-18-10-9-17-38(39)51-40/h1-27,46-47H. The fourth-order valence-corrected chi connectivity index (χ4v) is 9.41. The third-order valence-corrected chi connectivity index (χ3v) is 12.1. The number of hydrogen-bond donors (Lipinski definition) is 2. The van der Waals surface area contributed by atoms with Gasteiger partial charge >= 0.3 is 0 Å². The molecule has 2 N–H and O–H groups in total. The molecule has 0 bridgehead atoms. The van der Waals surface area contributed by atoms with E-state index in [0.717, 1.165) is 44.3 Å². The van der Waals surface area contributed by atoms with E-state index in [2.05, 4.69) is 119 Å². The molecule has 7 aromatic carbocycles. The Bertz CT molecular complexity index is 2850. The summed E-state index contributed by atoms with van der Waals surface area (Å²) in [5.74, 6) is 0.514. The highest BCUT2D eigenvalue weighted by molar-refractivity contribution is 8.05. The van der Waals surface area contributed by atoms with Gasteiger partial charge in [-0.1, -0.05) is 127 Å². The summed E-state index contributed by atoms with van der Waals surface area (Å²) in [6.45, 7) is 0. The summed E-state index contributed by atoms with van der Waals surface area (Å²) in [5, 5.41) is 16.7. The second kappa shape index (κ2) is 12.6. The second-order valence-electron chi connectivity index (χ2n) is 12.7. The van der Waals surface area contributed by atoms with E-state index in [4.69, 9.17) is 15.4 Å². The van der Waals surface area contributed by atoms with Crippen molar-refractivity contribution >= 4 is 73.7 Å². The van der Waals surface area contributed by atoms with Crippen LogP contribution in [0, 0.1) is 5.41 Å². The third kappa shape index (κ3) is 5.17. The first-order chi connectivity index (χ1) is 25.7. The van der Waals surface area contributed by atoms with E-state index in [-0.39, 0.29) is 0 Å². The lowest BCUT2D eigenvalue weighted by atomic mass is 10.00. The molecule has 9 aromatic rings. The molecule has 10 rings (SSSR count). The van der Waals surface area contributed by atoms with Crippen LogP contribution in [0.15, 0.2) is 177 Å². The monoisotopic (exact) mass is 703 g/mol. The van der Waals surface area contributed by atoms with E-state index in [1.807, 2.05) is 72.1 Å². The van der Waals surface area contributed by atoms with Crippen LogP contribution < -0.4 is 5.32 Å². The first kappa shape index (κ1) is 30.7. The lowest BCUT2D eigenvalue weighted by Crippen LogP contribution is -2.09. The topological polar surface area (TPSA) is 66.6 Å². The molecule has 52 heavy (non-hydrogen) atoms. The molecule has 0 unspecified atom stereocenters. The van der Waals surface area contributed by atoms with Gasteiger partial charge in [-0.25, -0.2) is 9.97 Å². The summed E-state index contributed by atoms with van der Waals surface area (Å²) < 4.78 is 2.16.